The van der Waals surface area contributed by atoms with Crippen LogP contribution in [0.3, 0.4) is 0 Å². The number of carboxylic acid groups (broad SMARTS) is 1. The maximum atomic E-state index is 13.7. The van der Waals surface area contributed by atoms with Crippen LogP contribution in [0.2, 0.25) is 0 Å². The molecule has 4 atom stereocenters. The van der Waals surface area contributed by atoms with Crippen molar-refractivity contribution in [2.24, 2.45) is 11.7 Å². The molecule has 1 heterocycles. The fourth-order valence-corrected chi connectivity index (χ4v) is 5.21. The molecule has 0 saturated carbocycles. The molecule has 43 heavy (non-hydrogen) atoms. The van der Waals surface area contributed by atoms with E-state index in [0.717, 1.165) is 16.5 Å². The molecule has 0 radical (unpaired) electrons. The van der Waals surface area contributed by atoms with Crippen molar-refractivity contribution >= 4 is 46.4 Å². The molecule has 3 rings (SSSR count). The minimum absolute atomic E-state index is 0.0163. The highest BCUT2D eigenvalue weighted by Gasteiger charge is 2.31. The lowest BCUT2D eigenvalue weighted by molar-refractivity contribution is -0.142. The van der Waals surface area contributed by atoms with E-state index in [0.29, 0.717) is 17.7 Å². The first-order valence-electron chi connectivity index (χ1n) is 14.2. The van der Waals surface area contributed by atoms with Crippen LogP contribution >= 0.6 is 11.8 Å². The SMILES string of the molecule is CSCCC(NC(=O)C(Cc1c[nH]c2ccccc12)NC(=O)C(N)CC(C)C)C(=O)NC(Cc1ccc(O)cc1)C(=O)O. The van der Waals surface area contributed by atoms with Crippen LogP contribution < -0.4 is 21.7 Å². The number of H-pyrrole nitrogens is 1. The summed E-state index contributed by atoms with van der Waals surface area (Å²) in [5.74, 6) is -2.21. The quantitative estimate of drug-likeness (QED) is 0.129. The summed E-state index contributed by atoms with van der Waals surface area (Å²) in [6.45, 7) is 3.90. The number of hydrogen-bond donors (Lipinski definition) is 7. The van der Waals surface area contributed by atoms with Gasteiger partial charge in [0.05, 0.1) is 6.04 Å². The maximum Gasteiger partial charge on any atom is 0.326 e. The third kappa shape index (κ3) is 10.0. The molecule has 0 aliphatic rings. The van der Waals surface area contributed by atoms with Crippen LogP contribution in [0.4, 0.5) is 0 Å². The summed E-state index contributed by atoms with van der Waals surface area (Å²) in [7, 11) is 0. The Kier molecular flexibility index (Phi) is 12.4. The number of amides is 3. The van der Waals surface area contributed by atoms with Crippen molar-refractivity contribution in [2.75, 3.05) is 12.0 Å². The van der Waals surface area contributed by atoms with Gasteiger partial charge in [-0.25, -0.2) is 4.79 Å². The van der Waals surface area contributed by atoms with Crippen molar-refractivity contribution in [1.82, 2.24) is 20.9 Å². The molecule has 0 spiro atoms. The molecule has 232 valence electrons. The van der Waals surface area contributed by atoms with Gasteiger partial charge in [0.15, 0.2) is 0 Å². The van der Waals surface area contributed by atoms with E-state index in [-0.39, 0.29) is 30.9 Å². The van der Waals surface area contributed by atoms with Crippen molar-refractivity contribution in [2.45, 2.75) is 63.7 Å². The number of aromatic nitrogens is 1. The zero-order valence-corrected chi connectivity index (χ0v) is 25.4. The summed E-state index contributed by atoms with van der Waals surface area (Å²) >= 11 is 1.48. The number of carbonyl (C=O) groups excluding carboxylic acids is 3. The fraction of sp³-hybridized carbons (Fsp3) is 0.419. The van der Waals surface area contributed by atoms with Gasteiger partial charge in [-0.1, -0.05) is 44.2 Å². The number of nitrogens with two attached hydrogens (primary N) is 1. The number of para-hydroxylation sites is 1. The van der Waals surface area contributed by atoms with Gasteiger partial charge in [0.2, 0.25) is 17.7 Å². The summed E-state index contributed by atoms with van der Waals surface area (Å²) < 4.78 is 0. The maximum absolute atomic E-state index is 13.7. The van der Waals surface area contributed by atoms with Crippen LogP contribution in [-0.4, -0.2) is 75.1 Å². The van der Waals surface area contributed by atoms with Crippen molar-refractivity contribution < 1.29 is 29.4 Å². The number of hydrogen-bond acceptors (Lipinski definition) is 7. The van der Waals surface area contributed by atoms with E-state index in [1.54, 1.807) is 18.3 Å². The summed E-state index contributed by atoms with van der Waals surface area (Å²) in [6.07, 6.45) is 4.44. The van der Waals surface area contributed by atoms with Gasteiger partial charge < -0.3 is 36.9 Å². The number of nitrogens with one attached hydrogen (secondary N) is 4. The Bertz CT molecular complexity index is 1390. The fourth-order valence-electron chi connectivity index (χ4n) is 4.74. The molecule has 1 aromatic heterocycles. The van der Waals surface area contributed by atoms with Crippen LogP contribution in [0.15, 0.2) is 54.7 Å². The number of fused-ring (bicyclic) bond motifs is 1. The molecule has 8 N–H and O–H groups in total. The summed E-state index contributed by atoms with van der Waals surface area (Å²) in [4.78, 5) is 55.2. The lowest BCUT2D eigenvalue weighted by Gasteiger charge is -2.25. The van der Waals surface area contributed by atoms with Gasteiger partial charge in [-0.15, -0.1) is 0 Å². The van der Waals surface area contributed by atoms with E-state index < -0.39 is 47.9 Å². The first-order valence-corrected chi connectivity index (χ1v) is 15.6. The number of aromatic hydroxyl groups is 1. The second-order valence-electron chi connectivity index (χ2n) is 11.0. The predicted molar refractivity (Wildman–Crippen MR) is 168 cm³/mol. The Morgan fingerprint density at radius 1 is 0.884 bits per heavy atom. The van der Waals surface area contributed by atoms with Crippen LogP contribution in [0, 0.1) is 5.92 Å². The normalized spacial score (nSPS) is 14.1. The summed E-state index contributed by atoms with van der Waals surface area (Å²) in [5, 5.41) is 28.3. The third-order valence-electron chi connectivity index (χ3n) is 7.03. The van der Waals surface area contributed by atoms with E-state index in [2.05, 4.69) is 20.9 Å². The monoisotopic (exact) mass is 611 g/mol. The van der Waals surface area contributed by atoms with Gasteiger partial charge >= 0.3 is 5.97 Å². The third-order valence-corrected chi connectivity index (χ3v) is 7.67. The number of carbonyl (C=O) groups is 4. The molecule has 4 unspecified atom stereocenters. The minimum atomic E-state index is -1.26. The minimum Gasteiger partial charge on any atom is -0.508 e. The largest absolute Gasteiger partial charge is 0.508 e. The smallest absolute Gasteiger partial charge is 0.326 e. The molecule has 11 nitrogen and oxygen atoms in total. The van der Waals surface area contributed by atoms with Gasteiger partial charge in [0.25, 0.3) is 0 Å². The number of phenolic OH excluding ortho intramolecular Hbond substituents is 1. The Morgan fingerprint density at radius 3 is 2.16 bits per heavy atom. The molecule has 0 bridgehead atoms. The van der Waals surface area contributed by atoms with E-state index in [4.69, 9.17) is 5.73 Å². The first kappa shape index (κ1) is 33.5. The predicted octanol–water partition coefficient (Wildman–Crippen LogP) is 2.32. The first-order chi connectivity index (χ1) is 20.5. The molecule has 2 aromatic carbocycles. The molecule has 12 heteroatoms. The molecular formula is C31H41N5O6S. The van der Waals surface area contributed by atoms with Crippen molar-refractivity contribution in [3.63, 3.8) is 0 Å². The molecule has 3 amide bonds. The van der Waals surface area contributed by atoms with Gasteiger partial charge in [0.1, 0.15) is 23.9 Å². The van der Waals surface area contributed by atoms with Crippen LogP contribution in [0.5, 0.6) is 5.75 Å². The Hall–Kier alpha value is -4.03. The molecule has 0 saturated heterocycles. The van der Waals surface area contributed by atoms with Crippen LogP contribution in [0.1, 0.15) is 37.8 Å². The molecular weight excluding hydrogens is 570 g/mol. The van der Waals surface area contributed by atoms with Crippen molar-refractivity contribution in [3.05, 3.63) is 65.9 Å². The number of aromatic amines is 1. The van der Waals surface area contributed by atoms with E-state index in [1.165, 1.54) is 23.9 Å². The van der Waals surface area contributed by atoms with Crippen molar-refractivity contribution in [3.8, 4) is 5.75 Å². The topological polar surface area (TPSA) is 187 Å². The van der Waals surface area contributed by atoms with E-state index >= 15 is 0 Å². The number of carboxylic acids is 1. The molecule has 3 aromatic rings. The average molecular weight is 612 g/mol. The summed E-state index contributed by atoms with van der Waals surface area (Å²) in [6, 6.07) is 9.45. The van der Waals surface area contributed by atoms with Gasteiger partial charge in [-0.05, 0) is 60.1 Å². The summed E-state index contributed by atoms with van der Waals surface area (Å²) in [5.41, 5.74) is 8.40. The zero-order chi connectivity index (χ0) is 31.5. The Morgan fingerprint density at radius 2 is 1.51 bits per heavy atom. The highest BCUT2D eigenvalue weighted by molar-refractivity contribution is 7.98. The number of rotatable bonds is 16. The molecule has 0 aliphatic carbocycles. The second kappa shape index (κ2) is 16.0. The average Bonchev–Trinajstić information content (AvgIpc) is 3.37. The van der Waals surface area contributed by atoms with Gasteiger partial charge in [-0.3, -0.25) is 14.4 Å². The number of aliphatic carboxylic acids is 1. The lowest BCUT2D eigenvalue weighted by Crippen LogP contribution is -2.58. The number of thioether (sulfide) groups is 1. The Labute approximate surface area is 255 Å². The zero-order valence-electron chi connectivity index (χ0n) is 24.6. The van der Waals surface area contributed by atoms with E-state index in [1.807, 2.05) is 44.4 Å². The van der Waals surface area contributed by atoms with Gasteiger partial charge in [0, 0.05) is 29.9 Å². The standard InChI is InChI=1S/C31H41N5O6S/c1-18(2)14-23(32)28(38)35-26(16-20-17-33-24-7-5-4-6-22(20)24)30(40)34-25(12-13-43-3)29(39)36-27(31(41)42)15-19-8-10-21(37)11-9-19/h4-11,17-18,23,25-27,33,37H,12-16,32H2,1-3H3,(H,34,40)(H,35,38)(H,36,39)(H,41,42). The molecule has 0 aliphatic heterocycles. The van der Waals surface area contributed by atoms with Crippen molar-refractivity contribution in [1.29, 1.82) is 0 Å². The highest BCUT2D eigenvalue weighted by atomic mass is 32.2. The van der Waals surface area contributed by atoms with E-state index in [9.17, 15) is 29.4 Å². The lowest BCUT2D eigenvalue weighted by atomic mass is 10.0. The highest BCUT2D eigenvalue weighted by Crippen LogP contribution is 2.20. The van der Waals surface area contributed by atoms with Gasteiger partial charge in [-0.2, -0.15) is 11.8 Å². The number of benzene rings is 2. The van der Waals surface area contributed by atoms with Crippen LogP contribution in [-0.2, 0) is 32.0 Å². The molecule has 0 fully saturated rings. The second-order valence-corrected chi connectivity index (χ2v) is 12.0. The van der Waals surface area contributed by atoms with Crippen LogP contribution in [0.25, 0.3) is 10.9 Å². The Balaban J connectivity index is 1.81. The number of phenols is 1.